The minimum atomic E-state index is -0.796. The molecule has 0 aliphatic carbocycles. The number of nitrogens with zero attached hydrogens (tertiary/aromatic N) is 6. The molecule has 0 aromatic heterocycles. The van der Waals surface area contributed by atoms with Gasteiger partial charge in [0.15, 0.2) is 0 Å². The molecule has 4 aliphatic heterocycles. The fourth-order valence-electron chi connectivity index (χ4n) is 8.45. The van der Waals surface area contributed by atoms with Gasteiger partial charge in [-0.05, 0) is 91.2 Å². The molecule has 14 heteroatoms. The number of piperidine rings is 2. The maximum absolute atomic E-state index is 14.2. The van der Waals surface area contributed by atoms with Gasteiger partial charge >= 0.3 is 12.0 Å². The molecule has 3 fully saturated rings. The van der Waals surface area contributed by atoms with Crippen molar-refractivity contribution in [2.75, 3.05) is 52.9 Å². The van der Waals surface area contributed by atoms with Crippen molar-refractivity contribution in [1.29, 1.82) is 0 Å². The zero-order chi connectivity index (χ0) is 37.9. The predicted octanol–water partition coefficient (Wildman–Crippen LogP) is 7.17. The number of rotatable bonds is 10. The number of hydrogen-bond donors (Lipinski definition) is 2. The number of methoxy groups -OCH3 is 1. The average Bonchev–Trinajstić information content (AvgIpc) is 3.91. The zero-order valence-electron chi connectivity index (χ0n) is 30.3. The molecule has 12 nitrogen and oxygen atoms in total. The lowest BCUT2D eigenvalue weighted by Gasteiger charge is -2.45. The molecular weight excluding hydrogens is 729 g/mol. The molecule has 2 atom stereocenters. The lowest BCUT2D eigenvalue weighted by atomic mass is 9.76. The Labute approximate surface area is 325 Å². The Bertz CT molecular complexity index is 1920. The second-order valence-electron chi connectivity index (χ2n) is 14.8. The number of carbonyl (C=O) groups excluding carboxylic acids is 2. The van der Waals surface area contributed by atoms with Crippen LogP contribution in [0.1, 0.15) is 71.6 Å². The van der Waals surface area contributed by atoms with Gasteiger partial charge in [-0.15, -0.1) is 5.10 Å². The molecule has 4 heterocycles. The zero-order valence-corrected chi connectivity index (χ0v) is 31.8. The number of amides is 3. The standard InChI is InChI=1S/C40H45Cl2N7O5/c1-54-35-10-7-28(34-25-43-46-45-34)23-31(35)36(50)49-22-14-39(26-49,30-8-9-32(41)33(42)24-30)13-19-47-20-15-40(16-21-47,29-5-3-2-4-6-29)44-38(53)48-17-11-27(12-18-48)37(51)52/h2-10,23-25,27,34H,11-22,26H2,1H3,(H,44,53)(H,51,52). The smallest absolute Gasteiger partial charge is 0.318 e. The molecule has 0 radical (unpaired) electrons. The maximum atomic E-state index is 14.2. The summed E-state index contributed by atoms with van der Waals surface area (Å²) in [6.45, 7) is 4.23. The first kappa shape index (κ1) is 37.8. The van der Waals surface area contributed by atoms with E-state index in [1.54, 1.807) is 24.3 Å². The summed E-state index contributed by atoms with van der Waals surface area (Å²) in [5.41, 5.74) is 2.48. The van der Waals surface area contributed by atoms with Crippen molar-refractivity contribution < 1.29 is 24.2 Å². The number of carboxylic acids is 1. The van der Waals surface area contributed by atoms with Crippen molar-refractivity contribution in [2.24, 2.45) is 21.4 Å². The van der Waals surface area contributed by atoms with E-state index in [2.05, 4.69) is 37.8 Å². The van der Waals surface area contributed by atoms with Crippen LogP contribution in [0.2, 0.25) is 10.0 Å². The van der Waals surface area contributed by atoms with Crippen LogP contribution in [-0.2, 0) is 15.7 Å². The highest BCUT2D eigenvalue weighted by Crippen LogP contribution is 2.42. The first-order valence-corrected chi connectivity index (χ1v) is 19.3. The van der Waals surface area contributed by atoms with Gasteiger partial charge in [-0.25, -0.2) is 4.79 Å². The number of urea groups is 1. The minimum absolute atomic E-state index is 0.115. The molecule has 2 unspecified atom stereocenters. The third kappa shape index (κ3) is 7.83. The SMILES string of the molecule is COc1ccc(C2C=NN=N2)cc1C(=O)N1CCC(CCN2CCC(NC(=O)N3CCC(C(=O)O)CC3)(c3ccccc3)CC2)(c2ccc(Cl)c(Cl)c2)C1. The molecule has 284 valence electrons. The summed E-state index contributed by atoms with van der Waals surface area (Å²) in [4.78, 5) is 45.5. The van der Waals surface area contributed by atoms with E-state index in [9.17, 15) is 19.5 Å². The third-order valence-corrected chi connectivity index (χ3v) is 12.6. The van der Waals surface area contributed by atoms with Crippen molar-refractivity contribution in [2.45, 2.75) is 55.5 Å². The van der Waals surface area contributed by atoms with Crippen molar-refractivity contribution in [3.63, 3.8) is 0 Å². The summed E-state index contributed by atoms with van der Waals surface area (Å²) in [6, 6.07) is 20.9. The molecule has 0 saturated carbocycles. The monoisotopic (exact) mass is 773 g/mol. The third-order valence-electron chi connectivity index (χ3n) is 11.8. The Morgan fingerprint density at radius 1 is 0.889 bits per heavy atom. The Kier molecular flexibility index (Phi) is 11.2. The van der Waals surface area contributed by atoms with Crippen LogP contribution in [0.4, 0.5) is 4.79 Å². The van der Waals surface area contributed by atoms with Crippen LogP contribution >= 0.6 is 23.2 Å². The Morgan fingerprint density at radius 3 is 2.31 bits per heavy atom. The summed E-state index contributed by atoms with van der Waals surface area (Å²) >= 11 is 13.0. The second kappa shape index (κ2) is 16.1. The molecule has 0 spiro atoms. The van der Waals surface area contributed by atoms with Gasteiger partial charge in [-0.2, -0.15) is 5.11 Å². The van der Waals surface area contributed by atoms with Gasteiger partial charge in [-0.3, -0.25) is 9.59 Å². The highest BCUT2D eigenvalue weighted by Gasteiger charge is 2.44. The summed E-state index contributed by atoms with van der Waals surface area (Å²) < 4.78 is 5.63. The Morgan fingerprint density at radius 2 is 1.65 bits per heavy atom. The molecule has 3 saturated heterocycles. The van der Waals surface area contributed by atoms with Crippen LogP contribution in [0, 0.1) is 5.92 Å². The molecule has 2 N–H and O–H groups in total. The first-order chi connectivity index (χ1) is 26.1. The molecule has 54 heavy (non-hydrogen) atoms. The summed E-state index contributed by atoms with van der Waals surface area (Å²) in [5.74, 6) is -0.822. The number of likely N-dealkylation sites (tertiary alicyclic amines) is 3. The largest absolute Gasteiger partial charge is 0.496 e. The van der Waals surface area contributed by atoms with E-state index in [0.29, 0.717) is 60.4 Å². The Hall–Kier alpha value is -4.52. The number of nitrogens with one attached hydrogen (secondary N) is 1. The van der Waals surface area contributed by atoms with Crippen molar-refractivity contribution in [1.82, 2.24) is 20.0 Å². The van der Waals surface area contributed by atoms with Crippen LogP contribution < -0.4 is 10.1 Å². The van der Waals surface area contributed by atoms with Gasteiger partial charge in [0.25, 0.3) is 5.91 Å². The lowest BCUT2D eigenvalue weighted by Crippen LogP contribution is -2.57. The highest BCUT2D eigenvalue weighted by atomic mass is 35.5. The number of aliphatic carboxylic acids is 1. The van der Waals surface area contributed by atoms with Crippen molar-refractivity contribution >= 4 is 47.3 Å². The second-order valence-corrected chi connectivity index (χ2v) is 15.6. The summed E-state index contributed by atoms with van der Waals surface area (Å²) in [5, 5.41) is 25.5. The van der Waals surface area contributed by atoms with Crippen LogP contribution in [0.15, 0.2) is 82.2 Å². The van der Waals surface area contributed by atoms with Crippen LogP contribution in [0.5, 0.6) is 5.75 Å². The van der Waals surface area contributed by atoms with Gasteiger partial charge in [0.1, 0.15) is 11.8 Å². The van der Waals surface area contributed by atoms with Crippen LogP contribution in [0.25, 0.3) is 0 Å². The van der Waals surface area contributed by atoms with E-state index in [4.69, 9.17) is 27.9 Å². The van der Waals surface area contributed by atoms with Crippen LogP contribution in [-0.4, -0.2) is 96.9 Å². The van der Waals surface area contributed by atoms with E-state index in [1.807, 2.05) is 53.4 Å². The summed E-state index contributed by atoms with van der Waals surface area (Å²) in [7, 11) is 1.56. The molecule has 3 aromatic rings. The quantitative estimate of drug-likeness (QED) is 0.224. The molecule has 3 amide bonds. The number of ether oxygens (including phenoxy) is 1. The predicted molar refractivity (Wildman–Crippen MR) is 207 cm³/mol. The van der Waals surface area contributed by atoms with Gasteiger partial charge < -0.3 is 29.9 Å². The topological polar surface area (TPSA) is 140 Å². The molecule has 0 bridgehead atoms. The fraction of sp³-hybridized carbons (Fsp3) is 0.450. The van der Waals surface area contributed by atoms with E-state index >= 15 is 0 Å². The molecule has 4 aliphatic rings. The number of carbonyl (C=O) groups is 3. The van der Waals surface area contributed by atoms with Crippen LogP contribution in [0.3, 0.4) is 0 Å². The molecule has 3 aromatic carbocycles. The molecular formula is C40H45Cl2N7O5. The van der Waals surface area contributed by atoms with Crippen molar-refractivity contribution in [3.05, 3.63) is 99.0 Å². The van der Waals surface area contributed by atoms with Gasteiger partial charge in [-0.1, -0.05) is 65.7 Å². The lowest BCUT2D eigenvalue weighted by molar-refractivity contribution is -0.143. The number of benzene rings is 3. The maximum Gasteiger partial charge on any atom is 0.318 e. The fourth-order valence-corrected chi connectivity index (χ4v) is 8.75. The van der Waals surface area contributed by atoms with Gasteiger partial charge in [0.2, 0.25) is 0 Å². The number of carboxylic acid groups (broad SMARTS) is 1. The van der Waals surface area contributed by atoms with Gasteiger partial charge in [0.05, 0.1) is 40.4 Å². The highest BCUT2D eigenvalue weighted by molar-refractivity contribution is 6.42. The minimum Gasteiger partial charge on any atom is -0.496 e. The number of halogens is 2. The first-order valence-electron chi connectivity index (χ1n) is 18.5. The number of hydrogen-bond acceptors (Lipinski definition) is 8. The summed E-state index contributed by atoms with van der Waals surface area (Å²) in [6.07, 6.45) is 5.54. The van der Waals surface area contributed by atoms with E-state index in [1.165, 1.54) is 0 Å². The molecule has 7 rings (SSSR count). The van der Waals surface area contributed by atoms with E-state index in [0.717, 1.165) is 62.0 Å². The van der Waals surface area contributed by atoms with E-state index < -0.39 is 17.4 Å². The van der Waals surface area contributed by atoms with Gasteiger partial charge in [0, 0.05) is 44.7 Å². The normalized spacial score (nSPS) is 22.8. The van der Waals surface area contributed by atoms with E-state index in [-0.39, 0.29) is 23.4 Å². The Balaban J connectivity index is 1.07. The van der Waals surface area contributed by atoms with Crippen molar-refractivity contribution in [3.8, 4) is 5.75 Å². The average molecular weight is 775 g/mol.